The first-order valence-corrected chi connectivity index (χ1v) is 9.09. The lowest BCUT2D eigenvalue weighted by molar-refractivity contribution is 0.0453. The molecule has 0 aliphatic rings. The predicted octanol–water partition coefficient (Wildman–Crippen LogP) is 2.72. The van der Waals surface area contributed by atoms with Crippen LogP contribution in [0.3, 0.4) is 0 Å². The normalized spacial score (nSPS) is 17.5. The number of nitrogens with two attached hydrogens (primary N) is 1. The molecule has 0 aliphatic heterocycles. The summed E-state index contributed by atoms with van der Waals surface area (Å²) >= 11 is 0. The molecule has 0 aromatic carbocycles. The molecule has 0 fully saturated rings. The van der Waals surface area contributed by atoms with Crippen LogP contribution in [0.5, 0.6) is 0 Å². The summed E-state index contributed by atoms with van der Waals surface area (Å²) in [6.07, 6.45) is 8.58. The molecule has 0 saturated carbocycles. The van der Waals surface area contributed by atoms with E-state index in [1.807, 2.05) is 0 Å². The lowest BCUT2D eigenvalue weighted by Gasteiger charge is -2.36. The summed E-state index contributed by atoms with van der Waals surface area (Å²) in [5, 5.41) is 19.5. The van der Waals surface area contributed by atoms with E-state index in [-0.39, 0.29) is 12.6 Å². The van der Waals surface area contributed by atoms with E-state index in [1.165, 1.54) is 38.5 Å². The van der Waals surface area contributed by atoms with Crippen LogP contribution in [0, 0.1) is 6.92 Å². The molecule has 0 aromatic heterocycles. The first kappa shape index (κ1) is 21.8. The number of aliphatic hydroxyl groups excluding tert-OH is 2. The smallest absolute Gasteiger partial charge is 0.0674 e. The molecule has 0 amide bonds. The maximum atomic E-state index is 9.84. The Morgan fingerprint density at radius 3 is 2.14 bits per heavy atom. The second-order valence-corrected chi connectivity index (χ2v) is 6.63. The molecule has 4 N–H and O–H groups in total. The topological polar surface area (TPSA) is 69.7 Å². The number of aliphatic hydroxyl groups is 2. The van der Waals surface area contributed by atoms with E-state index < -0.39 is 12.2 Å². The standard InChI is InChI=1S/C18H39N2O2/c1-5-6-7-8-9-10-11-15(2)20(16(3)17(4)21)13-12-18(22)14-19/h15-18,21-22H,3,5-14,19H2,1-2,4H3. The van der Waals surface area contributed by atoms with E-state index in [1.54, 1.807) is 6.92 Å². The van der Waals surface area contributed by atoms with Crippen molar-refractivity contribution in [1.29, 1.82) is 0 Å². The van der Waals surface area contributed by atoms with Crippen molar-refractivity contribution in [3.8, 4) is 0 Å². The van der Waals surface area contributed by atoms with Gasteiger partial charge in [0.15, 0.2) is 0 Å². The van der Waals surface area contributed by atoms with Crippen molar-refractivity contribution in [2.45, 2.75) is 96.4 Å². The lowest BCUT2D eigenvalue weighted by atomic mass is 10.0. The van der Waals surface area contributed by atoms with Crippen LogP contribution < -0.4 is 5.73 Å². The highest BCUT2D eigenvalue weighted by Crippen LogP contribution is 2.17. The molecular weight excluding hydrogens is 276 g/mol. The molecular formula is C18H39N2O2. The summed E-state index contributed by atoms with van der Waals surface area (Å²) in [5.41, 5.74) is 5.47. The van der Waals surface area contributed by atoms with Gasteiger partial charge in [-0.05, 0) is 33.6 Å². The molecule has 4 atom stereocenters. The third-order valence-electron chi connectivity index (χ3n) is 4.52. The molecule has 1 radical (unpaired) electrons. The summed E-state index contributed by atoms with van der Waals surface area (Å²) in [6.45, 7) is 11.3. The molecule has 0 saturated heterocycles. The average molecular weight is 316 g/mol. The SMILES string of the molecule is [CH2]C(C(C)O)N(CCC(O)CN)C(C)CCCCCCCC. The van der Waals surface area contributed by atoms with Crippen LogP contribution in [0.15, 0.2) is 0 Å². The van der Waals surface area contributed by atoms with Crippen molar-refractivity contribution in [2.75, 3.05) is 13.1 Å². The Balaban J connectivity index is 4.22. The van der Waals surface area contributed by atoms with Crippen LogP contribution in [0.1, 0.15) is 72.1 Å². The first-order chi connectivity index (χ1) is 10.4. The highest BCUT2D eigenvalue weighted by atomic mass is 16.3. The van der Waals surface area contributed by atoms with Crippen LogP contribution in [0.2, 0.25) is 0 Å². The molecule has 4 heteroatoms. The molecule has 0 rings (SSSR count). The van der Waals surface area contributed by atoms with Gasteiger partial charge in [0.1, 0.15) is 0 Å². The number of nitrogens with zero attached hydrogens (tertiary/aromatic N) is 1. The Morgan fingerprint density at radius 1 is 1.00 bits per heavy atom. The van der Waals surface area contributed by atoms with Crippen LogP contribution in [-0.2, 0) is 0 Å². The number of hydrogen-bond donors (Lipinski definition) is 3. The van der Waals surface area contributed by atoms with Crippen LogP contribution in [-0.4, -0.2) is 52.5 Å². The summed E-state index contributed by atoms with van der Waals surface area (Å²) in [4.78, 5) is 2.22. The van der Waals surface area contributed by atoms with E-state index >= 15 is 0 Å². The largest absolute Gasteiger partial charge is 0.392 e. The van der Waals surface area contributed by atoms with Crippen molar-refractivity contribution in [3.05, 3.63) is 6.92 Å². The van der Waals surface area contributed by atoms with Crippen LogP contribution in [0.25, 0.3) is 0 Å². The lowest BCUT2D eigenvalue weighted by Crippen LogP contribution is -2.47. The van der Waals surface area contributed by atoms with Crippen molar-refractivity contribution in [1.82, 2.24) is 4.90 Å². The van der Waals surface area contributed by atoms with Crippen molar-refractivity contribution in [3.63, 3.8) is 0 Å². The summed E-state index contributed by atoms with van der Waals surface area (Å²) in [7, 11) is 0. The van der Waals surface area contributed by atoms with Gasteiger partial charge < -0.3 is 15.9 Å². The Bertz CT molecular complexity index is 249. The van der Waals surface area contributed by atoms with Crippen molar-refractivity contribution in [2.24, 2.45) is 5.73 Å². The van der Waals surface area contributed by atoms with Gasteiger partial charge in [-0.25, -0.2) is 0 Å². The molecule has 4 unspecified atom stereocenters. The third kappa shape index (κ3) is 9.78. The quantitative estimate of drug-likeness (QED) is 0.431. The fourth-order valence-electron chi connectivity index (χ4n) is 2.79. The molecule has 0 aromatic rings. The van der Waals surface area contributed by atoms with Gasteiger partial charge >= 0.3 is 0 Å². The number of hydrogen-bond acceptors (Lipinski definition) is 4. The fourth-order valence-corrected chi connectivity index (χ4v) is 2.79. The van der Waals surface area contributed by atoms with Gasteiger partial charge in [0.05, 0.1) is 12.2 Å². The molecule has 0 aliphatic carbocycles. The van der Waals surface area contributed by atoms with Gasteiger partial charge in [-0.3, -0.25) is 4.90 Å². The van der Waals surface area contributed by atoms with Crippen LogP contribution >= 0.6 is 0 Å². The maximum Gasteiger partial charge on any atom is 0.0674 e. The molecule has 0 bridgehead atoms. The molecule has 0 heterocycles. The van der Waals surface area contributed by atoms with Gasteiger partial charge in [0.25, 0.3) is 0 Å². The molecule has 0 spiro atoms. The Hall–Kier alpha value is -0.160. The zero-order valence-corrected chi connectivity index (χ0v) is 15.0. The monoisotopic (exact) mass is 315 g/mol. The van der Waals surface area contributed by atoms with E-state index in [2.05, 4.69) is 25.7 Å². The van der Waals surface area contributed by atoms with Gasteiger partial charge in [-0.15, -0.1) is 0 Å². The van der Waals surface area contributed by atoms with E-state index in [4.69, 9.17) is 5.73 Å². The minimum atomic E-state index is -0.470. The Labute approximate surface area is 138 Å². The number of unbranched alkanes of at least 4 members (excludes halogenated alkanes) is 5. The predicted molar refractivity (Wildman–Crippen MR) is 94.7 cm³/mol. The summed E-state index contributed by atoms with van der Waals surface area (Å²) in [5.74, 6) is 0. The second-order valence-electron chi connectivity index (χ2n) is 6.63. The Kier molecular flexibility index (Phi) is 13.2. The third-order valence-corrected chi connectivity index (χ3v) is 4.52. The molecule has 4 nitrogen and oxygen atoms in total. The van der Waals surface area contributed by atoms with Crippen molar-refractivity contribution < 1.29 is 10.2 Å². The zero-order valence-electron chi connectivity index (χ0n) is 15.0. The highest BCUT2D eigenvalue weighted by Gasteiger charge is 2.23. The summed E-state index contributed by atoms with van der Waals surface area (Å²) in [6, 6.07) is 0.230. The van der Waals surface area contributed by atoms with E-state index in [9.17, 15) is 10.2 Å². The maximum absolute atomic E-state index is 9.84. The van der Waals surface area contributed by atoms with Crippen LogP contribution in [0.4, 0.5) is 0 Å². The van der Waals surface area contributed by atoms with Gasteiger partial charge in [0, 0.05) is 25.2 Å². The number of rotatable bonds is 14. The molecule has 22 heavy (non-hydrogen) atoms. The highest BCUT2D eigenvalue weighted by molar-refractivity contribution is 4.83. The Morgan fingerprint density at radius 2 is 1.59 bits per heavy atom. The average Bonchev–Trinajstić information content (AvgIpc) is 2.50. The van der Waals surface area contributed by atoms with Gasteiger partial charge in [-0.2, -0.15) is 0 Å². The first-order valence-electron chi connectivity index (χ1n) is 9.09. The van der Waals surface area contributed by atoms with Gasteiger partial charge in [0.2, 0.25) is 0 Å². The summed E-state index contributed by atoms with van der Waals surface area (Å²) < 4.78 is 0. The molecule has 133 valence electrons. The van der Waals surface area contributed by atoms with E-state index in [0.29, 0.717) is 12.5 Å². The van der Waals surface area contributed by atoms with E-state index in [0.717, 1.165) is 13.0 Å². The van der Waals surface area contributed by atoms with Crippen molar-refractivity contribution >= 4 is 0 Å². The fraction of sp³-hybridized carbons (Fsp3) is 0.944. The second kappa shape index (κ2) is 13.3. The van der Waals surface area contributed by atoms with Gasteiger partial charge in [-0.1, -0.05) is 45.4 Å². The minimum absolute atomic E-state index is 0.139. The zero-order chi connectivity index (χ0) is 17.0. The minimum Gasteiger partial charge on any atom is -0.392 e.